The molecule has 1 amide bonds. The average molecular weight is 404 g/mol. The summed E-state index contributed by atoms with van der Waals surface area (Å²) in [6.07, 6.45) is -4.33. The van der Waals surface area contributed by atoms with Crippen molar-refractivity contribution < 1.29 is 18.0 Å². The zero-order valence-electron chi connectivity index (χ0n) is 17.1. The normalized spacial score (nSPS) is 16.1. The molecule has 1 aliphatic heterocycles. The Morgan fingerprint density at radius 1 is 0.897 bits per heavy atom. The van der Waals surface area contributed by atoms with Crippen LogP contribution < -0.4 is 0 Å². The second kappa shape index (κ2) is 8.19. The highest BCUT2D eigenvalue weighted by molar-refractivity contribution is 5.94. The maximum atomic E-state index is 12.9. The van der Waals surface area contributed by atoms with Gasteiger partial charge < -0.3 is 4.90 Å². The van der Waals surface area contributed by atoms with Gasteiger partial charge >= 0.3 is 6.18 Å². The van der Waals surface area contributed by atoms with Gasteiger partial charge in [-0.3, -0.25) is 9.69 Å². The van der Waals surface area contributed by atoms with E-state index >= 15 is 0 Å². The Bertz CT molecular complexity index is 846. The third-order valence-corrected chi connectivity index (χ3v) is 5.32. The Balaban J connectivity index is 1.57. The molecule has 1 saturated heterocycles. The van der Waals surface area contributed by atoms with Gasteiger partial charge in [0.1, 0.15) is 0 Å². The van der Waals surface area contributed by atoms with E-state index in [4.69, 9.17) is 0 Å². The van der Waals surface area contributed by atoms with Gasteiger partial charge in [-0.15, -0.1) is 0 Å². The second-order valence-corrected chi connectivity index (χ2v) is 8.59. The van der Waals surface area contributed by atoms with Gasteiger partial charge in [-0.2, -0.15) is 13.2 Å². The minimum atomic E-state index is -4.33. The molecule has 0 unspecified atom stereocenters. The highest BCUT2D eigenvalue weighted by Gasteiger charge is 2.30. The summed E-state index contributed by atoms with van der Waals surface area (Å²) in [4.78, 5) is 16.7. The summed E-state index contributed by atoms with van der Waals surface area (Å²) in [6, 6.07) is 13.2. The minimum Gasteiger partial charge on any atom is -0.336 e. The van der Waals surface area contributed by atoms with E-state index in [1.165, 1.54) is 17.7 Å². The van der Waals surface area contributed by atoms with Crippen LogP contribution in [0.15, 0.2) is 48.5 Å². The van der Waals surface area contributed by atoms with Crippen LogP contribution in [-0.2, 0) is 18.1 Å². The summed E-state index contributed by atoms with van der Waals surface area (Å²) < 4.78 is 38.6. The predicted octanol–water partition coefficient (Wildman–Crippen LogP) is 4.96. The molecule has 156 valence electrons. The van der Waals surface area contributed by atoms with Crippen LogP contribution in [-0.4, -0.2) is 41.9 Å². The summed E-state index contributed by atoms with van der Waals surface area (Å²) in [5, 5.41) is 0. The van der Waals surface area contributed by atoms with Crippen LogP contribution in [0.5, 0.6) is 0 Å². The summed E-state index contributed by atoms with van der Waals surface area (Å²) in [5.74, 6) is 0.00387. The number of carbonyl (C=O) groups is 1. The SMILES string of the molecule is CC(C)(C)c1ccc(C(=O)N2CCN(Cc3cccc(C(F)(F)F)c3)CC2)cc1. The zero-order chi connectivity index (χ0) is 21.2. The van der Waals surface area contributed by atoms with Crippen LogP contribution in [0, 0.1) is 0 Å². The first-order valence-corrected chi connectivity index (χ1v) is 9.82. The smallest absolute Gasteiger partial charge is 0.336 e. The van der Waals surface area contributed by atoms with E-state index in [1.54, 1.807) is 6.07 Å². The fraction of sp³-hybridized carbons (Fsp3) is 0.435. The number of nitrogens with zero attached hydrogens (tertiary/aromatic N) is 2. The largest absolute Gasteiger partial charge is 0.416 e. The van der Waals surface area contributed by atoms with Gasteiger partial charge in [-0.1, -0.05) is 51.1 Å². The summed E-state index contributed by atoms with van der Waals surface area (Å²) in [7, 11) is 0. The monoisotopic (exact) mass is 404 g/mol. The topological polar surface area (TPSA) is 23.6 Å². The van der Waals surface area contributed by atoms with Crippen LogP contribution in [0.2, 0.25) is 0 Å². The van der Waals surface area contributed by atoms with Crippen molar-refractivity contribution in [1.82, 2.24) is 9.80 Å². The molecule has 0 N–H and O–H groups in total. The van der Waals surface area contributed by atoms with E-state index in [2.05, 4.69) is 25.7 Å². The Morgan fingerprint density at radius 2 is 1.52 bits per heavy atom. The molecule has 3 rings (SSSR count). The fourth-order valence-corrected chi connectivity index (χ4v) is 3.51. The van der Waals surface area contributed by atoms with Crippen LogP contribution in [0.4, 0.5) is 13.2 Å². The highest BCUT2D eigenvalue weighted by Crippen LogP contribution is 2.30. The molecule has 6 heteroatoms. The Kier molecular flexibility index (Phi) is 6.03. The Labute approximate surface area is 170 Å². The van der Waals surface area contributed by atoms with E-state index in [9.17, 15) is 18.0 Å². The lowest BCUT2D eigenvalue weighted by atomic mass is 9.86. The van der Waals surface area contributed by atoms with Gasteiger partial charge in [-0.05, 0) is 34.7 Å². The van der Waals surface area contributed by atoms with E-state index in [0.717, 1.165) is 6.07 Å². The van der Waals surface area contributed by atoms with Gasteiger partial charge in [0, 0.05) is 38.3 Å². The molecule has 2 aromatic carbocycles. The molecule has 1 heterocycles. The van der Waals surface area contributed by atoms with Crippen LogP contribution in [0.1, 0.15) is 47.8 Å². The Hall–Kier alpha value is -2.34. The zero-order valence-corrected chi connectivity index (χ0v) is 17.1. The van der Waals surface area contributed by atoms with Crippen LogP contribution in [0.3, 0.4) is 0 Å². The molecule has 1 aliphatic rings. The third-order valence-electron chi connectivity index (χ3n) is 5.32. The quantitative estimate of drug-likeness (QED) is 0.722. The Morgan fingerprint density at radius 3 is 2.07 bits per heavy atom. The molecule has 3 nitrogen and oxygen atoms in total. The molecule has 0 radical (unpaired) electrons. The predicted molar refractivity (Wildman–Crippen MR) is 108 cm³/mol. The first-order valence-electron chi connectivity index (χ1n) is 9.82. The van der Waals surface area contributed by atoms with Crippen LogP contribution in [0.25, 0.3) is 0 Å². The molecule has 0 aliphatic carbocycles. The molecular weight excluding hydrogens is 377 g/mol. The lowest BCUT2D eigenvalue weighted by Gasteiger charge is -2.35. The van der Waals surface area contributed by atoms with Crippen molar-refractivity contribution in [2.24, 2.45) is 0 Å². The summed E-state index contributed by atoms with van der Waals surface area (Å²) >= 11 is 0. The molecular formula is C23H27F3N2O. The lowest BCUT2D eigenvalue weighted by molar-refractivity contribution is -0.137. The van der Waals surface area contributed by atoms with Crippen molar-refractivity contribution in [2.45, 2.75) is 38.9 Å². The molecule has 0 aromatic heterocycles. The minimum absolute atomic E-state index is 0.00387. The van der Waals surface area contributed by atoms with Gasteiger partial charge in [-0.25, -0.2) is 0 Å². The number of amides is 1. The van der Waals surface area contributed by atoms with Gasteiger partial charge in [0.25, 0.3) is 5.91 Å². The van der Waals surface area contributed by atoms with E-state index in [1.807, 2.05) is 29.2 Å². The molecule has 1 fully saturated rings. The first-order chi connectivity index (χ1) is 13.5. The van der Waals surface area contributed by atoms with Gasteiger partial charge in [0.2, 0.25) is 0 Å². The number of halogens is 3. The van der Waals surface area contributed by atoms with Crippen molar-refractivity contribution in [2.75, 3.05) is 26.2 Å². The van der Waals surface area contributed by atoms with Crippen LogP contribution >= 0.6 is 0 Å². The molecule has 0 atom stereocenters. The molecule has 29 heavy (non-hydrogen) atoms. The third kappa shape index (κ3) is 5.38. The summed E-state index contributed by atoms with van der Waals surface area (Å²) in [5.41, 5.74) is 1.90. The number of carbonyl (C=O) groups excluding carboxylic acids is 1. The maximum absolute atomic E-state index is 12.9. The van der Waals surface area contributed by atoms with Crippen molar-refractivity contribution in [1.29, 1.82) is 0 Å². The standard InChI is InChI=1S/C23H27F3N2O/c1-22(2,3)19-9-7-18(8-10-19)21(29)28-13-11-27(12-14-28)16-17-5-4-6-20(15-17)23(24,25)26/h4-10,15H,11-14,16H2,1-3H3. The van der Waals surface area contributed by atoms with Gasteiger partial charge in [0.05, 0.1) is 5.56 Å². The van der Waals surface area contributed by atoms with E-state index < -0.39 is 11.7 Å². The van der Waals surface area contributed by atoms with Gasteiger partial charge in [0.15, 0.2) is 0 Å². The maximum Gasteiger partial charge on any atom is 0.416 e. The van der Waals surface area contributed by atoms with Crippen molar-refractivity contribution in [3.8, 4) is 0 Å². The average Bonchev–Trinajstić information content (AvgIpc) is 2.67. The molecule has 0 bridgehead atoms. The molecule has 2 aromatic rings. The fourth-order valence-electron chi connectivity index (χ4n) is 3.51. The number of hydrogen-bond donors (Lipinski definition) is 0. The van der Waals surface area contributed by atoms with Crippen molar-refractivity contribution >= 4 is 5.91 Å². The molecule has 0 spiro atoms. The second-order valence-electron chi connectivity index (χ2n) is 8.59. The number of alkyl halides is 3. The first kappa shape index (κ1) is 21.4. The lowest BCUT2D eigenvalue weighted by Crippen LogP contribution is -2.48. The molecule has 0 saturated carbocycles. The number of benzene rings is 2. The van der Waals surface area contributed by atoms with E-state index in [-0.39, 0.29) is 11.3 Å². The van der Waals surface area contributed by atoms with Crippen molar-refractivity contribution in [3.63, 3.8) is 0 Å². The van der Waals surface area contributed by atoms with Crippen molar-refractivity contribution in [3.05, 3.63) is 70.8 Å². The summed E-state index contributed by atoms with van der Waals surface area (Å²) in [6.45, 7) is 9.27. The number of hydrogen-bond acceptors (Lipinski definition) is 2. The number of piperazine rings is 1. The number of rotatable bonds is 3. The highest BCUT2D eigenvalue weighted by atomic mass is 19.4. The van der Waals surface area contributed by atoms with E-state index in [0.29, 0.717) is 43.9 Å².